The van der Waals surface area contributed by atoms with Crippen LogP contribution < -0.4 is 5.32 Å². The van der Waals surface area contributed by atoms with Crippen LogP contribution in [0.4, 0.5) is 0 Å². The summed E-state index contributed by atoms with van der Waals surface area (Å²) in [6, 6.07) is -1.04. The first kappa shape index (κ1) is 86.6. The molecule has 1 rings (SSSR count). The van der Waals surface area contributed by atoms with Gasteiger partial charge >= 0.3 is 5.97 Å². The summed E-state index contributed by atoms with van der Waals surface area (Å²) in [5, 5.41) is 57.4. The second kappa shape index (κ2) is 67.5. The molecular weight excluding hydrogens is 1160 g/mol. The summed E-state index contributed by atoms with van der Waals surface area (Å²) in [7, 11) is 0. The largest absolute Gasteiger partial charge is 0.454 e. The van der Waals surface area contributed by atoms with E-state index in [9.17, 15) is 35.1 Å². The van der Waals surface area contributed by atoms with E-state index in [0.717, 1.165) is 154 Å². The standard InChI is InChI=1S/C82H137NO10/c1-4-7-10-13-16-19-22-25-27-29-31-33-35-37-38-39-41-43-45-47-49-52-55-58-61-64-67-70-77(87)93-80-79(89)78(88)76(71-84)92-82(80)91-72-73(74(85)68-65-62-59-56-53-50-24-21-18-15-12-9-6-3)83-81(90)75(86)69-66-63-60-57-54-51-48-46-44-42-40-36-34-32-30-28-26-23-20-17-14-11-8-5-2/h7-8,10-11,16-17,19-20,25-28,31-34,37-38,40-43,65,68,73-76,78-80,82,84-86,88-89H,4-6,9,12-15,18,21-24,29-30,35-36,39,44-64,66-67,69-72H2,1-3H3,(H,83,90)/b10-7-,11-8-,19-16-,20-17-,27-25-,28-26-,33-31-,34-32-,38-37-,42-40-,43-41-,68-65+. The van der Waals surface area contributed by atoms with Crippen molar-refractivity contribution in [3.63, 3.8) is 0 Å². The van der Waals surface area contributed by atoms with Crippen molar-refractivity contribution in [1.82, 2.24) is 5.32 Å². The Kier molecular flexibility index (Phi) is 62.8. The molecule has 0 spiro atoms. The fourth-order valence-electron chi connectivity index (χ4n) is 10.9. The molecule has 11 nitrogen and oxygen atoms in total. The van der Waals surface area contributed by atoms with Crippen LogP contribution in [0.2, 0.25) is 0 Å². The number of unbranched alkanes of at least 4 members (excludes halogenated alkanes) is 27. The smallest absolute Gasteiger partial charge is 0.306 e. The van der Waals surface area contributed by atoms with Crippen LogP contribution in [0.5, 0.6) is 0 Å². The molecule has 1 fully saturated rings. The van der Waals surface area contributed by atoms with Gasteiger partial charge in [0.25, 0.3) is 0 Å². The Morgan fingerprint density at radius 2 is 0.774 bits per heavy atom. The molecule has 1 saturated heterocycles. The number of aliphatic hydroxyl groups excluding tert-OH is 5. The first-order chi connectivity index (χ1) is 45.7. The lowest BCUT2D eigenvalue weighted by Gasteiger charge is -2.41. The van der Waals surface area contributed by atoms with Gasteiger partial charge in [-0.3, -0.25) is 9.59 Å². The number of allylic oxidation sites excluding steroid dienone is 23. The number of carbonyl (C=O) groups excluding carboxylic acids is 2. The third kappa shape index (κ3) is 54.4. The maximum Gasteiger partial charge on any atom is 0.306 e. The van der Waals surface area contributed by atoms with Crippen molar-refractivity contribution in [2.45, 2.75) is 346 Å². The summed E-state index contributed by atoms with van der Waals surface area (Å²) >= 11 is 0. The molecule has 8 atom stereocenters. The Balaban J connectivity index is 2.58. The summed E-state index contributed by atoms with van der Waals surface area (Å²) in [5.41, 5.74) is 0. The van der Waals surface area contributed by atoms with Crippen LogP contribution in [0, 0.1) is 0 Å². The zero-order chi connectivity index (χ0) is 67.4. The molecular formula is C82H137NO10. The van der Waals surface area contributed by atoms with Gasteiger partial charge in [0, 0.05) is 6.42 Å². The number of carbonyl (C=O) groups is 2. The SMILES string of the molecule is CC/C=C\C/C=C\C/C=C\C/C=C\C/C=C\C/C=C\CCCCCCCCCCC(=O)OC1C(OCC(NC(=O)C(O)CCCCCCCCCC/C=C\C/C=C\C/C=C\C/C=C\C/C=C\CC)C(O)/C=C/CCCCCCCCCCCCC)OC(CO)C(O)C1O. The molecule has 1 heterocycles. The van der Waals surface area contributed by atoms with E-state index in [-0.39, 0.29) is 19.4 Å². The number of nitrogens with one attached hydrogen (secondary N) is 1. The van der Waals surface area contributed by atoms with Crippen molar-refractivity contribution < 1.29 is 49.3 Å². The van der Waals surface area contributed by atoms with Gasteiger partial charge in [-0.25, -0.2) is 0 Å². The maximum atomic E-state index is 13.5. The molecule has 1 amide bonds. The van der Waals surface area contributed by atoms with Crippen molar-refractivity contribution in [3.8, 4) is 0 Å². The molecule has 8 unspecified atom stereocenters. The van der Waals surface area contributed by atoms with Crippen molar-refractivity contribution in [3.05, 3.63) is 146 Å². The quantitative estimate of drug-likeness (QED) is 0.0195. The van der Waals surface area contributed by atoms with E-state index in [1.54, 1.807) is 6.08 Å². The summed E-state index contributed by atoms with van der Waals surface area (Å²) in [6.07, 6.45) is 87.3. The third-order valence-corrected chi connectivity index (χ3v) is 16.7. The van der Waals surface area contributed by atoms with E-state index in [4.69, 9.17) is 14.2 Å². The van der Waals surface area contributed by atoms with Gasteiger partial charge in [-0.05, 0) is 122 Å². The van der Waals surface area contributed by atoms with Gasteiger partial charge in [0.1, 0.15) is 24.4 Å². The molecule has 530 valence electrons. The highest BCUT2D eigenvalue weighted by molar-refractivity contribution is 5.80. The molecule has 6 N–H and O–H groups in total. The van der Waals surface area contributed by atoms with Crippen LogP contribution in [0.3, 0.4) is 0 Å². The van der Waals surface area contributed by atoms with Crippen molar-refractivity contribution in [2.75, 3.05) is 13.2 Å². The fraction of sp³-hybridized carbons (Fsp3) is 0.683. The Hall–Kier alpha value is -4.46. The molecule has 0 bridgehead atoms. The van der Waals surface area contributed by atoms with Gasteiger partial charge in [-0.15, -0.1) is 0 Å². The molecule has 0 radical (unpaired) electrons. The monoisotopic (exact) mass is 1300 g/mol. The van der Waals surface area contributed by atoms with E-state index >= 15 is 0 Å². The van der Waals surface area contributed by atoms with Gasteiger partial charge in [-0.1, -0.05) is 314 Å². The molecule has 1 aliphatic heterocycles. The summed E-state index contributed by atoms with van der Waals surface area (Å²) < 4.78 is 17.7. The van der Waals surface area contributed by atoms with Crippen LogP contribution >= 0.6 is 0 Å². The first-order valence-electron chi connectivity index (χ1n) is 37.6. The maximum absolute atomic E-state index is 13.5. The molecule has 0 aliphatic carbocycles. The van der Waals surface area contributed by atoms with Gasteiger partial charge in [0.2, 0.25) is 5.91 Å². The van der Waals surface area contributed by atoms with Crippen LogP contribution in [0.25, 0.3) is 0 Å². The van der Waals surface area contributed by atoms with E-state index in [0.29, 0.717) is 12.8 Å². The number of ether oxygens (including phenoxy) is 3. The lowest BCUT2D eigenvalue weighted by atomic mass is 9.99. The lowest BCUT2D eigenvalue weighted by Crippen LogP contribution is -2.61. The highest BCUT2D eigenvalue weighted by Crippen LogP contribution is 2.26. The predicted molar refractivity (Wildman–Crippen MR) is 393 cm³/mol. The average Bonchev–Trinajstić information content (AvgIpc) is 0.844. The molecule has 0 saturated carbocycles. The Bertz CT molecular complexity index is 2080. The summed E-state index contributed by atoms with van der Waals surface area (Å²) in [6.45, 7) is 5.58. The van der Waals surface area contributed by atoms with Gasteiger partial charge in [-0.2, -0.15) is 0 Å². The first-order valence-corrected chi connectivity index (χ1v) is 37.6. The normalized spacial score (nSPS) is 18.7. The minimum absolute atomic E-state index is 0.105. The molecule has 93 heavy (non-hydrogen) atoms. The molecule has 0 aromatic heterocycles. The number of hydrogen-bond donors (Lipinski definition) is 6. The second-order valence-corrected chi connectivity index (χ2v) is 25.3. The number of esters is 1. The van der Waals surface area contributed by atoms with Crippen LogP contribution in [-0.2, 0) is 23.8 Å². The van der Waals surface area contributed by atoms with Gasteiger partial charge in [0.05, 0.1) is 25.4 Å². The number of amides is 1. The molecule has 0 aromatic rings. The lowest BCUT2D eigenvalue weighted by molar-refractivity contribution is -0.305. The number of hydrogen-bond acceptors (Lipinski definition) is 10. The zero-order valence-corrected chi connectivity index (χ0v) is 59.1. The van der Waals surface area contributed by atoms with Crippen LogP contribution in [0.1, 0.15) is 297 Å². The number of rotatable bonds is 63. The van der Waals surface area contributed by atoms with Crippen LogP contribution in [-0.4, -0.2) is 99.6 Å². The molecule has 1 aliphatic rings. The third-order valence-electron chi connectivity index (χ3n) is 16.7. The highest BCUT2D eigenvalue weighted by atomic mass is 16.7. The molecule has 0 aromatic carbocycles. The average molecular weight is 1300 g/mol. The van der Waals surface area contributed by atoms with E-state index in [1.807, 2.05) is 6.08 Å². The highest BCUT2D eigenvalue weighted by Gasteiger charge is 2.47. The van der Waals surface area contributed by atoms with E-state index in [1.165, 1.54) is 96.3 Å². The Morgan fingerprint density at radius 3 is 1.16 bits per heavy atom. The summed E-state index contributed by atoms with van der Waals surface area (Å²) in [5.74, 6) is -1.21. The van der Waals surface area contributed by atoms with Crippen molar-refractivity contribution in [2.24, 2.45) is 0 Å². The topological polar surface area (TPSA) is 175 Å². The van der Waals surface area contributed by atoms with Crippen LogP contribution in [0.15, 0.2) is 146 Å². The predicted octanol–water partition coefficient (Wildman–Crippen LogP) is 20.1. The van der Waals surface area contributed by atoms with E-state index < -0.39 is 67.4 Å². The summed E-state index contributed by atoms with van der Waals surface area (Å²) in [4.78, 5) is 26.8. The van der Waals surface area contributed by atoms with Gasteiger partial charge in [0.15, 0.2) is 12.4 Å². The molecule has 11 heteroatoms. The fourth-order valence-corrected chi connectivity index (χ4v) is 10.9. The van der Waals surface area contributed by atoms with E-state index in [2.05, 4.69) is 160 Å². The van der Waals surface area contributed by atoms with Gasteiger partial charge < -0.3 is 45.1 Å². The number of aliphatic hydroxyl groups is 5. The minimum atomic E-state index is -1.63. The van der Waals surface area contributed by atoms with Crippen molar-refractivity contribution in [1.29, 1.82) is 0 Å². The zero-order valence-electron chi connectivity index (χ0n) is 59.1. The Morgan fingerprint density at radius 1 is 0.430 bits per heavy atom. The minimum Gasteiger partial charge on any atom is -0.454 e. The van der Waals surface area contributed by atoms with Crippen molar-refractivity contribution >= 4 is 11.9 Å². The second-order valence-electron chi connectivity index (χ2n) is 25.3. The Labute approximate surface area is 568 Å².